The minimum atomic E-state index is -0.369. The molecule has 1 heterocycles. The smallest absolute Gasteiger partial charge is 0.309 e. The Morgan fingerprint density at radius 3 is 2.61 bits per heavy atom. The zero-order valence-corrected chi connectivity index (χ0v) is 15.3. The molecule has 6 atom stereocenters. The van der Waals surface area contributed by atoms with Crippen LogP contribution in [0.25, 0.3) is 0 Å². The fraction of sp³-hybridized carbons (Fsp3) is 0.882. The number of carbonyl (C=O) groups is 2. The summed E-state index contributed by atoms with van der Waals surface area (Å²) in [5, 5.41) is 1.77. The van der Waals surface area contributed by atoms with Gasteiger partial charge >= 0.3 is 11.9 Å². The second-order valence-electron chi connectivity index (χ2n) is 7.12. The molecule has 1 aliphatic heterocycles. The maximum atomic E-state index is 12.2. The number of carbonyl (C=O) groups excluding carboxylic acids is 2. The number of hydrogen-bond donors (Lipinski definition) is 1. The summed E-state index contributed by atoms with van der Waals surface area (Å²) in [6, 6.07) is 0. The molecule has 23 heavy (non-hydrogen) atoms. The third-order valence-electron chi connectivity index (χ3n) is 5.09. The molecule has 130 valence electrons. The van der Waals surface area contributed by atoms with Crippen molar-refractivity contribution in [1.29, 1.82) is 0 Å². The summed E-state index contributed by atoms with van der Waals surface area (Å²) in [5.41, 5.74) is 0. The van der Waals surface area contributed by atoms with Crippen molar-refractivity contribution in [2.75, 3.05) is 6.61 Å². The zero-order chi connectivity index (χ0) is 16.4. The Labute approximate surface area is 147 Å². The Bertz CT molecular complexity index is 456. The minimum absolute atomic E-state index is 0.0349. The van der Waals surface area contributed by atoms with Gasteiger partial charge in [-0.25, -0.2) is 0 Å². The second kappa shape index (κ2) is 7.68. The fourth-order valence-corrected chi connectivity index (χ4v) is 5.30. The fourth-order valence-electron chi connectivity index (χ4n) is 3.64. The first-order chi connectivity index (χ1) is 11.0. The third-order valence-corrected chi connectivity index (χ3v) is 7.03. The predicted molar refractivity (Wildman–Crippen MR) is 93.8 cm³/mol. The lowest BCUT2D eigenvalue weighted by atomic mass is 9.89. The number of fused-ring (bicyclic) bond motifs is 1. The van der Waals surface area contributed by atoms with Crippen LogP contribution in [0.4, 0.5) is 0 Å². The van der Waals surface area contributed by atoms with E-state index in [0.29, 0.717) is 10.5 Å². The molecule has 4 nitrogen and oxygen atoms in total. The molecule has 2 aliphatic carbocycles. The van der Waals surface area contributed by atoms with Crippen molar-refractivity contribution in [2.24, 2.45) is 11.8 Å². The highest BCUT2D eigenvalue weighted by atomic mass is 32.2. The van der Waals surface area contributed by atoms with Gasteiger partial charge in [0.05, 0.1) is 11.8 Å². The van der Waals surface area contributed by atoms with Gasteiger partial charge in [-0.15, -0.1) is 0 Å². The van der Waals surface area contributed by atoms with E-state index in [9.17, 15) is 9.59 Å². The van der Waals surface area contributed by atoms with Crippen LogP contribution in [0.3, 0.4) is 0 Å². The van der Waals surface area contributed by atoms with Crippen molar-refractivity contribution < 1.29 is 19.1 Å². The Morgan fingerprint density at radius 1 is 1.09 bits per heavy atom. The van der Waals surface area contributed by atoms with Crippen LogP contribution in [0.1, 0.15) is 51.9 Å². The van der Waals surface area contributed by atoms with Gasteiger partial charge in [0, 0.05) is 15.7 Å². The van der Waals surface area contributed by atoms with E-state index < -0.39 is 0 Å². The van der Waals surface area contributed by atoms with Crippen LogP contribution in [0.15, 0.2) is 0 Å². The van der Waals surface area contributed by atoms with Crippen molar-refractivity contribution in [1.82, 2.24) is 0 Å². The van der Waals surface area contributed by atoms with E-state index in [1.807, 2.05) is 11.8 Å². The summed E-state index contributed by atoms with van der Waals surface area (Å²) in [6.45, 7) is 1.96. The van der Waals surface area contributed by atoms with E-state index in [1.54, 1.807) is 6.92 Å². The molecule has 0 bridgehead atoms. The van der Waals surface area contributed by atoms with Crippen molar-refractivity contribution >= 4 is 36.3 Å². The topological polar surface area (TPSA) is 52.6 Å². The summed E-state index contributed by atoms with van der Waals surface area (Å²) >= 11 is 6.45. The maximum Gasteiger partial charge on any atom is 0.309 e. The van der Waals surface area contributed by atoms with Crippen LogP contribution in [0.2, 0.25) is 0 Å². The normalized spacial score (nSPS) is 37.4. The van der Waals surface area contributed by atoms with Crippen LogP contribution < -0.4 is 0 Å². The van der Waals surface area contributed by atoms with Crippen LogP contribution in [-0.2, 0) is 19.1 Å². The molecule has 1 saturated heterocycles. The molecule has 0 radical (unpaired) electrons. The number of thiol groups is 1. The van der Waals surface area contributed by atoms with Crippen molar-refractivity contribution in [2.45, 2.75) is 73.7 Å². The molecule has 6 unspecified atom stereocenters. The first-order valence-corrected chi connectivity index (χ1v) is 10.2. The van der Waals surface area contributed by atoms with E-state index in [0.717, 1.165) is 50.2 Å². The van der Waals surface area contributed by atoms with E-state index in [2.05, 4.69) is 12.6 Å². The van der Waals surface area contributed by atoms with E-state index >= 15 is 0 Å². The van der Waals surface area contributed by atoms with Gasteiger partial charge in [0.2, 0.25) is 0 Å². The lowest BCUT2D eigenvalue weighted by Crippen LogP contribution is -2.31. The first kappa shape index (κ1) is 17.5. The molecule has 3 aliphatic rings. The quantitative estimate of drug-likeness (QED) is 0.464. The highest BCUT2D eigenvalue weighted by Crippen LogP contribution is 2.52. The number of ether oxygens (including phenoxy) is 2. The molecule has 0 aromatic carbocycles. The number of esters is 2. The summed E-state index contributed by atoms with van der Waals surface area (Å²) < 4.78 is 10.8. The average Bonchev–Trinajstić information content (AvgIpc) is 3.31. The molecule has 0 aromatic rings. The van der Waals surface area contributed by atoms with Gasteiger partial charge in [-0.3, -0.25) is 9.59 Å². The molecule has 0 amide bonds. The van der Waals surface area contributed by atoms with Crippen molar-refractivity contribution in [3.63, 3.8) is 0 Å². The maximum absolute atomic E-state index is 12.2. The molecule has 0 spiro atoms. The molecule has 0 N–H and O–H groups in total. The minimum Gasteiger partial charge on any atom is -0.462 e. The Kier molecular flexibility index (Phi) is 5.83. The van der Waals surface area contributed by atoms with Gasteiger partial charge in [-0.1, -0.05) is 6.42 Å². The Hall–Kier alpha value is -0.360. The number of hydrogen-bond acceptors (Lipinski definition) is 6. The zero-order valence-electron chi connectivity index (χ0n) is 13.6. The van der Waals surface area contributed by atoms with E-state index in [-0.39, 0.29) is 36.5 Å². The first-order valence-electron chi connectivity index (χ1n) is 8.73. The Balaban J connectivity index is 1.36. The molecule has 0 aromatic heterocycles. The van der Waals surface area contributed by atoms with E-state index in [4.69, 9.17) is 9.47 Å². The van der Waals surface area contributed by atoms with Gasteiger partial charge < -0.3 is 9.47 Å². The van der Waals surface area contributed by atoms with Gasteiger partial charge in [0.1, 0.15) is 12.7 Å². The average molecular weight is 359 g/mol. The Morgan fingerprint density at radius 2 is 1.87 bits per heavy atom. The summed E-state index contributed by atoms with van der Waals surface area (Å²) in [6.07, 6.45) is 6.42. The van der Waals surface area contributed by atoms with Crippen LogP contribution >= 0.6 is 24.4 Å². The lowest BCUT2D eigenvalue weighted by molar-refractivity contribution is -0.164. The molecule has 2 saturated carbocycles. The molecule has 3 rings (SSSR count). The summed E-state index contributed by atoms with van der Waals surface area (Å²) in [5.74, 6) is -0.293. The lowest BCUT2D eigenvalue weighted by Gasteiger charge is -2.25. The van der Waals surface area contributed by atoms with Gasteiger partial charge in [-0.2, -0.15) is 24.4 Å². The van der Waals surface area contributed by atoms with Crippen LogP contribution in [0, 0.1) is 11.8 Å². The monoisotopic (exact) mass is 358 g/mol. The van der Waals surface area contributed by atoms with E-state index in [1.165, 1.54) is 0 Å². The SMILES string of the molecule is CC(COC(=O)C1CCCC(S)C1)OC(=O)C1CCC2SC2C1. The molecular formula is C17H26O4S2. The van der Waals surface area contributed by atoms with Gasteiger partial charge in [0.15, 0.2) is 0 Å². The summed E-state index contributed by atoms with van der Waals surface area (Å²) in [7, 11) is 0. The highest BCUT2D eigenvalue weighted by Gasteiger charge is 2.45. The second-order valence-corrected chi connectivity index (χ2v) is 9.33. The molecular weight excluding hydrogens is 332 g/mol. The van der Waals surface area contributed by atoms with Gasteiger partial charge in [0.25, 0.3) is 0 Å². The van der Waals surface area contributed by atoms with Crippen LogP contribution in [0.5, 0.6) is 0 Å². The molecule has 3 fully saturated rings. The van der Waals surface area contributed by atoms with Crippen LogP contribution in [-0.4, -0.2) is 40.4 Å². The molecule has 6 heteroatoms. The summed E-state index contributed by atoms with van der Waals surface area (Å²) in [4.78, 5) is 24.3. The third kappa shape index (κ3) is 4.81. The predicted octanol–water partition coefficient (Wildman–Crippen LogP) is 3.23. The standard InChI is InChI=1S/C17H26O4S2/c1-10(9-20-16(18)11-3-2-4-13(22)7-11)21-17(19)12-5-6-14-15(8-12)23-14/h10-15,22H,2-9H2,1H3. The largest absolute Gasteiger partial charge is 0.462 e. The van der Waals surface area contributed by atoms with Crippen molar-refractivity contribution in [3.05, 3.63) is 0 Å². The van der Waals surface area contributed by atoms with Crippen molar-refractivity contribution in [3.8, 4) is 0 Å². The number of thioether (sulfide) groups is 1. The number of rotatable bonds is 5. The highest BCUT2D eigenvalue weighted by molar-refractivity contribution is 8.07. The van der Waals surface area contributed by atoms with Gasteiger partial charge in [-0.05, 0) is 45.4 Å².